The molecule has 0 atom stereocenters. The van der Waals surface area contributed by atoms with E-state index in [-0.39, 0.29) is 0 Å². The van der Waals surface area contributed by atoms with Gasteiger partial charge in [0, 0.05) is 27.5 Å². The number of hydrogen-bond donors (Lipinski definition) is 0. The van der Waals surface area contributed by atoms with Gasteiger partial charge in [0.2, 0.25) is 0 Å². The molecule has 4 nitrogen and oxygen atoms in total. The zero-order valence-corrected chi connectivity index (χ0v) is 26.5. The maximum Gasteiger partial charge on any atom is 0.164 e. The van der Waals surface area contributed by atoms with E-state index in [1.54, 1.807) is 0 Å². The summed E-state index contributed by atoms with van der Waals surface area (Å²) in [7, 11) is 0. The number of benzene rings is 7. The summed E-state index contributed by atoms with van der Waals surface area (Å²) in [4.78, 5) is 14.8. The first-order chi connectivity index (χ1) is 24.3. The van der Waals surface area contributed by atoms with E-state index in [2.05, 4.69) is 103 Å². The van der Waals surface area contributed by atoms with E-state index in [1.807, 2.05) is 72.8 Å². The lowest BCUT2D eigenvalue weighted by molar-refractivity contribution is 0.669. The van der Waals surface area contributed by atoms with Gasteiger partial charge in [-0.05, 0) is 63.7 Å². The van der Waals surface area contributed by atoms with E-state index in [4.69, 9.17) is 19.4 Å². The molecule has 0 aliphatic rings. The number of furan rings is 1. The van der Waals surface area contributed by atoms with E-state index < -0.39 is 0 Å². The second-order valence-corrected chi connectivity index (χ2v) is 12.1. The van der Waals surface area contributed by atoms with Crippen LogP contribution in [0.15, 0.2) is 180 Å². The Hall–Kier alpha value is -6.65. The first-order valence-corrected chi connectivity index (χ1v) is 16.4. The molecular weight excluding hydrogens is 599 g/mol. The molecule has 0 saturated carbocycles. The molecule has 4 heteroatoms. The van der Waals surface area contributed by atoms with Gasteiger partial charge in [0.1, 0.15) is 11.2 Å². The Balaban J connectivity index is 1.17. The molecule has 0 N–H and O–H groups in total. The molecule has 0 saturated heterocycles. The van der Waals surface area contributed by atoms with Gasteiger partial charge in [0.05, 0.1) is 0 Å². The molecule has 2 heterocycles. The second kappa shape index (κ2) is 12.2. The van der Waals surface area contributed by atoms with Crippen molar-refractivity contribution in [1.82, 2.24) is 15.0 Å². The molecule has 9 aromatic rings. The van der Waals surface area contributed by atoms with Crippen molar-refractivity contribution in [2.24, 2.45) is 0 Å². The molecule has 9 rings (SSSR count). The minimum absolute atomic E-state index is 0.624. The van der Waals surface area contributed by atoms with Crippen LogP contribution in [0.4, 0.5) is 0 Å². The van der Waals surface area contributed by atoms with Crippen molar-refractivity contribution in [3.05, 3.63) is 176 Å². The monoisotopic (exact) mass is 627 g/mol. The van der Waals surface area contributed by atoms with Crippen molar-refractivity contribution in [3.63, 3.8) is 0 Å². The van der Waals surface area contributed by atoms with Crippen molar-refractivity contribution in [3.8, 4) is 67.5 Å². The van der Waals surface area contributed by atoms with Crippen LogP contribution in [0.2, 0.25) is 0 Å². The van der Waals surface area contributed by atoms with E-state index in [9.17, 15) is 0 Å². The summed E-state index contributed by atoms with van der Waals surface area (Å²) in [5.41, 5.74) is 11.4. The van der Waals surface area contributed by atoms with E-state index >= 15 is 0 Å². The van der Waals surface area contributed by atoms with Crippen molar-refractivity contribution >= 4 is 21.9 Å². The third-order valence-corrected chi connectivity index (χ3v) is 8.93. The molecule has 0 spiro atoms. The largest absolute Gasteiger partial charge is 0.456 e. The Morgan fingerprint density at radius 3 is 1.43 bits per heavy atom. The number of rotatable bonds is 6. The Morgan fingerprint density at radius 2 is 0.776 bits per heavy atom. The predicted octanol–water partition coefficient (Wildman–Crippen LogP) is 11.8. The number of fused-ring (bicyclic) bond motifs is 3. The van der Waals surface area contributed by atoms with Gasteiger partial charge in [-0.3, -0.25) is 0 Å². The van der Waals surface area contributed by atoms with Gasteiger partial charge in [-0.15, -0.1) is 0 Å². The third-order valence-electron chi connectivity index (χ3n) is 8.93. The fourth-order valence-electron chi connectivity index (χ4n) is 6.52. The number of aromatic nitrogens is 3. The highest BCUT2D eigenvalue weighted by atomic mass is 16.3. The summed E-state index contributed by atoms with van der Waals surface area (Å²) in [5, 5.41) is 2.16. The second-order valence-electron chi connectivity index (χ2n) is 12.1. The molecule has 0 radical (unpaired) electrons. The molecule has 0 fully saturated rings. The van der Waals surface area contributed by atoms with Crippen LogP contribution in [-0.4, -0.2) is 15.0 Å². The normalized spacial score (nSPS) is 11.3. The zero-order valence-electron chi connectivity index (χ0n) is 26.5. The van der Waals surface area contributed by atoms with Gasteiger partial charge in [-0.1, -0.05) is 146 Å². The van der Waals surface area contributed by atoms with Crippen LogP contribution in [0, 0.1) is 0 Å². The Morgan fingerprint density at radius 1 is 0.306 bits per heavy atom. The molecule has 0 aliphatic carbocycles. The summed E-state index contributed by atoms with van der Waals surface area (Å²) < 4.78 is 6.41. The van der Waals surface area contributed by atoms with Gasteiger partial charge in [0.15, 0.2) is 17.5 Å². The maximum atomic E-state index is 6.41. The highest BCUT2D eigenvalue weighted by molar-refractivity contribution is 6.13. The first-order valence-electron chi connectivity index (χ1n) is 16.4. The maximum absolute atomic E-state index is 6.41. The minimum Gasteiger partial charge on any atom is -0.456 e. The topological polar surface area (TPSA) is 51.8 Å². The molecule has 0 amide bonds. The lowest BCUT2D eigenvalue weighted by Crippen LogP contribution is -2.00. The van der Waals surface area contributed by atoms with Crippen molar-refractivity contribution in [1.29, 1.82) is 0 Å². The molecule has 230 valence electrons. The van der Waals surface area contributed by atoms with Crippen LogP contribution >= 0.6 is 0 Å². The molecule has 49 heavy (non-hydrogen) atoms. The average Bonchev–Trinajstić information content (AvgIpc) is 3.57. The standard InChI is InChI=1S/C45H29N3O/c1-4-13-30(14-5-1)33-19-10-20-34(27-33)35-25-26-40-39(29-35)42-38(23-12-24-41(42)49-40)36-21-11-22-37(28-36)45-47-43(31-15-6-2-7-16-31)46-44(48-45)32-17-8-3-9-18-32/h1-29H. The van der Waals surface area contributed by atoms with E-state index in [0.717, 1.165) is 60.9 Å². The van der Waals surface area contributed by atoms with Crippen molar-refractivity contribution < 1.29 is 4.42 Å². The Bertz CT molecular complexity index is 2540. The van der Waals surface area contributed by atoms with Gasteiger partial charge in [-0.2, -0.15) is 0 Å². The van der Waals surface area contributed by atoms with Crippen LogP contribution in [0.1, 0.15) is 0 Å². The highest BCUT2D eigenvalue weighted by Gasteiger charge is 2.16. The van der Waals surface area contributed by atoms with Gasteiger partial charge in [-0.25, -0.2) is 15.0 Å². The lowest BCUT2D eigenvalue weighted by Gasteiger charge is -2.10. The Kier molecular flexibility index (Phi) is 7.10. The zero-order chi connectivity index (χ0) is 32.6. The summed E-state index contributed by atoms with van der Waals surface area (Å²) >= 11 is 0. The Labute approximate surface area is 284 Å². The fraction of sp³-hybridized carbons (Fsp3) is 0. The molecule has 2 aromatic heterocycles. The summed E-state index contributed by atoms with van der Waals surface area (Å²) in [6, 6.07) is 60.5. The van der Waals surface area contributed by atoms with Gasteiger partial charge < -0.3 is 4.42 Å². The van der Waals surface area contributed by atoms with Gasteiger partial charge >= 0.3 is 0 Å². The SMILES string of the molecule is c1ccc(-c2cccc(-c3ccc4oc5cccc(-c6cccc(-c7nc(-c8ccccc8)nc(-c8ccccc8)n7)c6)c5c4c3)c2)cc1. The average molecular weight is 628 g/mol. The van der Waals surface area contributed by atoms with Crippen LogP contribution in [0.5, 0.6) is 0 Å². The molecule has 0 bridgehead atoms. The van der Waals surface area contributed by atoms with Crippen molar-refractivity contribution in [2.45, 2.75) is 0 Å². The predicted molar refractivity (Wildman–Crippen MR) is 200 cm³/mol. The molecule has 7 aromatic carbocycles. The van der Waals surface area contributed by atoms with E-state index in [1.165, 1.54) is 11.1 Å². The van der Waals surface area contributed by atoms with Crippen LogP contribution in [-0.2, 0) is 0 Å². The third kappa shape index (κ3) is 5.45. The van der Waals surface area contributed by atoms with Crippen LogP contribution < -0.4 is 0 Å². The quantitative estimate of drug-likeness (QED) is 0.184. The van der Waals surface area contributed by atoms with Crippen molar-refractivity contribution in [2.75, 3.05) is 0 Å². The fourth-order valence-corrected chi connectivity index (χ4v) is 6.52. The highest BCUT2D eigenvalue weighted by Crippen LogP contribution is 2.39. The minimum atomic E-state index is 0.624. The first kappa shape index (κ1) is 28.6. The molecule has 0 aliphatic heterocycles. The molecular formula is C45H29N3O. The molecule has 0 unspecified atom stereocenters. The summed E-state index contributed by atoms with van der Waals surface area (Å²) in [6.45, 7) is 0. The smallest absolute Gasteiger partial charge is 0.164 e. The van der Waals surface area contributed by atoms with Crippen LogP contribution in [0.25, 0.3) is 89.5 Å². The van der Waals surface area contributed by atoms with Gasteiger partial charge in [0.25, 0.3) is 0 Å². The lowest BCUT2D eigenvalue weighted by atomic mass is 9.95. The number of nitrogens with zero attached hydrogens (tertiary/aromatic N) is 3. The van der Waals surface area contributed by atoms with Crippen LogP contribution in [0.3, 0.4) is 0 Å². The van der Waals surface area contributed by atoms with E-state index in [0.29, 0.717) is 17.5 Å². The number of hydrogen-bond acceptors (Lipinski definition) is 4. The summed E-state index contributed by atoms with van der Waals surface area (Å²) in [6.07, 6.45) is 0. The summed E-state index contributed by atoms with van der Waals surface area (Å²) in [5.74, 6) is 1.91.